The second-order valence-electron chi connectivity index (χ2n) is 4.40. The number of aliphatic hydroxyl groups excluding tert-OH is 1. The Morgan fingerprint density at radius 1 is 1.33 bits per heavy atom. The molecule has 0 bridgehead atoms. The van der Waals surface area contributed by atoms with Crippen molar-refractivity contribution in [1.29, 1.82) is 0 Å². The van der Waals surface area contributed by atoms with Crippen molar-refractivity contribution >= 4 is 11.6 Å². The van der Waals surface area contributed by atoms with Gasteiger partial charge in [-0.05, 0) is 29.8 Å². The Labute approximate surface area is 124 Å². The minimum atomic E-state index is -0.920. The lowest BCUT2D eigenvalue weighted by molar-refractivity contribution is 0.148. The molecule has 1 aromatic carbocycles. The van der Waals surface area contributed by atoms with Crippen LogP contribution in [-0.2, 0) is 6.54 Å². The zero-order valence-corrected chi connectivity index (χ0v) is 11.5. The van der Waals surface area contributed by atoms with Gasteiger partial charge in [-0.1, -0.05) is 23.7 Å². The molecule has 1 N–H and O–H groups in total. The number of nitrogens with zero attached hydrogens (tertiary/aromatic N) is 2. The molecule has 21 heavy (non-hydrogen) atoms. The molecule has 0 amide bonds. The lowest BCUT2D eigenvalue weighted by Gasteiger charge is -2.09. The number of aliphatic hydroxyl groups is 1. The van der Waals surface area contributed by atoms with Gasteiger partial charge in [0.05, 0.1) is 18.9 Å². The minimum absolute atomic E-state index is 0.0383. The molecule has 1 atom stereocenters. The molecule has 0 aliphatic heterocycles. The van der Waals surface area contributed by atoms with Crippen molar-refractivity contribution in [2.24, 2.45) is 0 Å². The number of furan rings is 1. The van der Waals surface area contributed by atoms with Gasteiger partial charge in [0.2, 0.25) is 0 Å². The molecular weight excluding hydrogens is 296 g/mol. The van der Waals surface area contributed by atoms with Gasteiger partial charge >= 0.3 is 5.76 Å². The average Bonchev–Trinajstić information content (AvgIpc) is 3.09. The smallest absolute Gasteiger partial charge is 0.437 e. The summed E-state index contributed by atoms with van der Waals surface area (Å²) in [6.07, 6.45) is 0.533. The Balaban J connectivity index is 1.83. The fraction of sp³-hybridized carbons (Fsp3) is 0.143. The van der Waals surface area contributed by atoms with Crippen LogP contribution < -0.4 is 5.76 Å². The van der Waals surface area contributed by atoms with Crippen molar-refractivity contribution in [3.05, 3.63) is 63.8 Å². The number of hydrogen-bond donors (Lipinski definition) is 1. The SMILES string of the molecule is O=c1oc(-c2ccco2)nn1CC(O)c1cccc(Cl)c1. The number of benzene rings is 1. The molecule has 3 rings (SSSR count). The summed E-state index contributed by atoms with van der Waals surface area (Å²) in [5, 5.41) is 14.6. The standard InChI is InChI=1S/C14H11ClN2O4/c15-10-4-1-3-9(7-10)11(18)8-17-14(19)21-13(16-17)12-5-2-6-20-12/h1-7,11,18H,8H2. The van der Waals surface area contributed by atoms with Crippen molar-refractivity contribution in [3.63, 3.8) is 0 Å². The Kier molecular flexibility index (Phi) is 3.64. The van der Waals surface area contributed by atoms with Crippen molar-refractivity contribution in [3.8, 4) is 11.7 Å². The predicted molar refractivity (Wildman–Crippen MR) is 74.9 cm³/mol. The number of hydrogen-bond acceptors (Lipinski definition) is 5. The summed E-state index contributed by atoms with van der Waals surface area (Å²) in [5.74, 6) is -0.242. The summed E-state index contributed by atoms with van der Waals surface area (Å²) in [4.78, 5) is 11.7. The second kappa shape index (κ2) is 5.59. The molecule has 1 unspecified atom stereocenters. The Morgan fingerprint density at radius 2 is 2.19 bits per heavy atom. The molecule has 0 fully saturated rings. The van der Waals surface area contributed by atoms with Gasteiger partial charge in [0, 0.05) is 5.02 Å². The molecule has 0 aliphatic rings. The normalized spacial score (nSPS) is 12.5. The number of aromatic nitrogens is 2. The van der Waals surface area contributed by atoms with E-state index in [-0.39, 0.29) is 12.4 Å². The molecule has 0 saturated carbocycles. The van der Waals surface area contributed by atoms with Crippen molar-refractivity contribution < 1.29 is 13.9 Å². The van der Waals surface area contributed by atoms with Crippen molar-refractivity contribution in [1.82, 2.24) is 9.78 Å². The van der Waals surface area contributed by atoms with E-state index in [9.17, 15) is 9.90 Å². The highest BCUT2D eigenvalue weighted by atomic mass is 35.5. The van der Waals surface area contributed by atoms with Crippen LogP contribution in [0.15, 0.2) is 56.3 Å². The van der Waals surface area contributed by atoms with Gasteiger partial charge in [-0.15, -0.1) is 5.10 Å². The fourth-order valence-electron chi connectivity index (χ4n) is 1.90. The third-order valence-corrected chi connectivity index (χ3v) is 3.15. The largest absolute Gasteiger partial charge is 0.459 e. The van der Waals surface area contributed by atoms with Crippen LogP contribution in [0.25, 0.3) is 11.7 Å². The monoisotopic (exact) mass is 306 g/mol. The zero-order chi connectivity index (χ0) is 14.8. The van der Waals surface area contributed by atoms with E-state index in [1.807, 2.05) is 0 Å². The van der Waals surface area contributed by atoms with E-state index < -0.39 is 11.9 Å². The maximum absolute atomic E-state index is 11.7. The van der Waals surface area contributed by atoms with E-state index in [0.29, 0.717) is 16.3 Å². The first-order valence-corrected chi connectivity index (χ1v) is 6.56. The van der Waals surface area contributed by atoms with Crippen molar-refractivity contribution in [2.45, 2.75) is 12.6 Å². The molecule has 2 aromatic heterocycles. The predicted octanol–water partition coefficient (Wildman–Crippen LogP) is 2.48. The van der Waals surface area contributed by atoms with E-state index in [0.717, 1.165) is 4.68 Å². The van der Waals surface area contributed by atoms with E-state index in [2.05, 4.69) is 5.10 Å². The first-order valence-electron chi connectivity index (χ1n) is 6.19. The summed E-state index contributed by atoms with van der Waals surface area (Å²) in [6.45, 7) is -0.0383. The Bertz CT molecular complexity index is 791. The first-order chi connectivity index (χ1) is 10.1. The maximum Gasteiger partial charge on any atom is 0.437 e. The van der Waals surface area contributed by atoms with Crippen LogP contribution in [0.5, 0.6) is 0 Å². The summed E-state index contributed by atoms with van der Waals surface area (Å²) < 4.78 is 11.1. The molecule has 0 spiro atoms. The molecule has 2 heterocycles. The fourth-order valence-corrected chi connectivity index (χ4v) is 2.10. The molecule has 7 heteroatoms. The van der Waals surface area contributed by atoms with Crippen LogP contribution in [0.1, 0.15) is 11.7 Å². The van der Waals surface area contributed by atoms with Crippen LogP contribution in [0, 0.1) is 0 Å². The highest BCUT2D eigenvalue weighted by molar-refractivity contribution is 6.30. The summed E-state index contributed by atoms with van der Waals surface area (Å²) in [6, 6.07) is 10.1. The summed E-state index contributed by atoms with van der Waals surface area (Å²) >= 11 is 5.87. The molecule has 6 nitrogen and oxygen atoms in total. The first kappa shape index (κ1) is 13.7. The van der Waals surface area contributed by atoms with E-state index in [1.54, 1.807) is 36.4 Å². The van der Waals surface area contributed by atoms with Gasteiger partial charge in [0.15, 0.2) is 5.76 Å². The van der Waals surface area contributed by atoms with Gasteiger partial charge in [-0.25, -0.2) is 4.79 Å². The third-order valence-electron chi connectivity index (χ3n) is 2.92. The van der Waals surface area contributed by atoms with Gasteiger partial charge < -0.3 is 13.9 Å². The van der Waals surface area contributed by atoms with Crippen LogP contribution in [0.2, 0.25) is 5.02 Å². The van der Waals surface area contributed by atoms with Gasteiger partial charge in [-0.3, -0.25) is 0 Å². The topological polar surface area (TPSA) is 81.4 Å². The Morgan fingerprint density at radius 3 is 2.90 bits per heavy atom. The highest BCUT2D eigenvalue weighted by Gasteiger charge is 2.16. The number of halogens is 1. The lowest BCUT2D eigenvalue weighted by Crippen LogP contribution is -2.20. The van der Waals surface area contributed by atoms with Gasteiger partial charge in [0.25, 0.3) is 5.89 Å². The molecule has 0 aliphatic carbocycles. The molecular formula is C14H11ClN2O4. The summed E-state index contributed by atoms with van der Waals surface area (Å²) in [5.41, 5.74) is 0.594. The van der Waals surface area contributed by atoms with E-state index >= 15 is 0 Å². The molecule has 0 saturated heterocycles. The molecule has 3 aromatic rings. The second-order valence-corrected chi connectivity index (χ2v) is 4.84. The zero-order valence-electron chi connectivity index (χ0n) is 10.8. The van der Waals surface area contributed by atoms with E-state index in [1.165, 1.54) is 6.26 Å². The lowest BCUT2D eigenvalue weighted by atomic mass is 10.1. The molecule has 0 radical (unpaired) electrons. The average molecular weight is 307 g/mol. The minimum Gasteiger partial charge on any atom is -0.459 e. The number of rotatable bonds is 4. The maximum atomic E-state index is 11.7. The summed E-state index contributed by atoms with van der Waals surface area (Å²) in [7, 11) is 0. The van der Waals surface area contributed by atoms with Gasteiger partial charge in [0.1, 0.15) is 0 Å². The van der Waals surface area contributed by atoms with Crippen LogP contribution >= 0.6 is 11.6 Å². The van der Waals surface area contributed by atoms with Crippen LogP contribution in [-0.4, -0.2) is 14.9 Å². The molecule has 108 valence electrons. The Hall–Kier alpha value is -2.31. The van der Waals surface area contributed by atoms with Crippen LogP contribution in [0.3, 0.4) is 0 Å². The third kappa shape index (κ3) is 2.91. The van der Waals surface area contributed by atoms with Gasteiger partial charge in [-0.2, -0.15) is 4.68 Å². The quantitative estimate of drug-likeness (QED) is 0.801. The van der Waals surface area contributed by atoms with E-state index in [4.69, 9.17) is 20.4 Å². The highest BCUT2D eigenvalue weighted by Crippen LogP contribution is 2.20. The van der Waals surface area contributed by atoms with Crippen molar-refractivity contribution in [2.75, 3.05) is 0 Å². The van der Waals surface area contributed by atoms with Crippen LogP contribution in [0.4, 0.5) is 0 Å².